The molecule has 1 saturated heterocycles. The molecule has 0 aliphatic carbocycles. The zero-order valence-electron chi connectivity index (χ0n) is 10.3. The molecule has 5 nitrogen and oxygen atoms in total. The largest absolute Gasteiger partial charge is 0.455 e. The summed E-state index contributed by atoms with van der Waals surface area (Å²) in [5, 5.41) is 0. The summed E-state index contributed by atoms with van der Waals surface area (Å²) in [6.45, 7) is 3.70. The molecule has 0 amide bonds. The molecule has 1 heterocycles. The second-order valence-corrected chi connectivity index (χ2v) is 6.13. The number of ether oxygens (including phenoxy) is 1. The minimum atomic E-state index is -3.02. The summed E-state index contributed by atoms with van der Waals surface area (Å²) in [4.78, 5) is 12.0. The fraction of sp³-hybridized carbons (Fsp3) is 0.417. The van der Waals surface area contributed by atoms with Gasteiger partial charge < -0.3 is 13.8 Å². The lowest BCUT2D eigenvalue weighted by atomic mass is 10.0. The minimum absolute atomic E-state index is 0.0268. The second-order valence-electron chi connectivity index (χ2n) is 4.35. The van der Waals surface area contributed by atoms with E-state index in [2.05, 4.69) is 0 Å². The molecule has 1 aliphatic heterocycles. The number of benzene rings is 1. The first-order valence-corrected chi connectivity index (χ1v) is 7.20. The molecule has 1 atom stereocenters. The van der Waals surface area contributed by atoms with E-state index >= 15 is 0 Å². The molecule has 0 spiro atoms. The maximum absolute atomic E-state index is 12.0. The smallest absolute Gasteiger partial charge is 0.339 e. The van der Waals surface area contributed by atoms with E-state index in [-0.39, 0.29) is 12.4 Å². The van der Waals surface area contributed by atoms with Crippen LogP contribution in [0, 0.1) is 13.8 Å². The maximum atomic E-state index is 12.0. The van der Waals surface area contributed by atoms with Gasteiger partial charge in [0.15, 0.2) is 0 Å². The highest BCUT2D eigenvalue weighted by Gasteiger charge is 2.35. The number of carbonyl (C=O) groups excluding carboxylic acids is 1. The van der Waals surface area contributed by atoms with Crippen LogP contribution < -0.4 is 0 Å². The summed E-state index contributed by atoms with van der Waals surface area (Å²) in [6, 6.07) is 5.54. The highest BCUT2D eigenvalue weighted by atomic mass is 32.3. The molecule has 1 aromatic rings. The first-order chi connectivity index (χ1) is 8.39. The summed E-state index contributed by atoms with van der Waals surface area (Å²) in [7, 11) is -3.02. The Morgan fingerprint density at radius 2 is 2.00 bits per heavy atom. The molecule has 0 aromatic heterocycles. The van der Waals surface area contributed by atoms with E-state index in [1.165, 1.54) is 0 Å². The molecule has 100 valence electrons. The van der Waals surface area contributed by atoms with Crippen molar-refractivity contribution in [3.8, 4) is 0 Å². The van der Waals surface area contributed by atoms with E-state index in [1.807, 2.05) is 32.0 Å². The third-order valence-corrected chi connectivity index (χ3v) is 4.12. The summed E-state index contributed by atoms with van der Waals surface area (Å²) in [5.41, 5.74) is 2.21. The van der Waals surface area contributed by atoms with Gasteiger partial charge >= 0.3 is 5.97 Å². The number of carbonyl (C=O) groups is 1. The predicted molar refractivity (Wildman–Crippen MR) is 68.8 cm³/mol. The summed E-state index contributed by atoms with van der Waals surface area (Å²) < 4.78 is 28.6. The summed E-state index contributed by atoms with van der Waals surface area (Å²) in [6.07, 6.45) is -0.596. The molecular formula is C12H16O5S. The maximum Gasteiger partial charge on any atom is 0.339 e. The third-order valence-electron chi connectivity index (χ3n) is 2.80. The van der Waals surface area contributed by atoms with Crippen molar-refractivity contribution in [1.29, 1.82) is 0 Å². The number of hydrogen-bond acceptors (Lipinski definition) is 5. The molecule has 1 aromatic carbocycles. The second kappa shape index (κ2) is 4.89. The minimum Gasteiger partial charge on any atom is -0.455 e. The zero-order valence-corrected chi connectivity index (χ0v) is 11.1. The Morgan fingerprint density at radius 1 is 1.39 bits per heavy atom. The van der Waals surface area contributed by atoms with E-state index in [0.717, 1.165) is 11.1 Å². The molecule has 0 radical (unpaired) electrons. The van der Waals surface area contributed by atoms with Crippen molar-refractivity contribution in [2.45, 2.75) is 20.0 Å². The standard InChI is InChI=1S/C12H16O5S/c1-8-4-3-5-9(2)11(8)12(13)17-10-6-16-18(14,15)7-10/h3-5,10,14-15H,6-7H2,1-2H3. The van der Waals surface area contributed by atoms with Crippen LogP contribution in [-0.2, 0) is 8.92 Å². The van der Waals surface area contributed by atoms with Crippen molar-refractivity contribution in [2.24, 2.45) is 0 Å². The van der Waals surface area contributed by atoms with Crippen LogP contribution in [0.15, 0.2) is 18.2 Å². The van der Waals surface area contributed by atoms with Gasteiger partial charge in [-0.3, -0.25) is 4.18 Å². The average molecular weight is 272 g/mol. The topological polar surface area (TPSA) is 76.0 Å². The van der Waals surface area contributed by atoms with Gasteiger partial charge in [0.1, 0.15) is 12.7 Å². The Bertz CT molecular complexity index is 451. The Morgan fingerprint density at radius 3 is 2.50 bits per heavy atom. The van der Waals surface area contributed by atoms with Gasteiger partial charge in [-0.25, -0.2) is 4.79 Å². The van der Waals surface area contributed by atoms with Crippen molar-refractivity contribution < 1.29 is 22.8 Å². The SMILES string of the molecule is Cc1cccc(C)c1C(=O)OC1COS(O)(O)C1. The van der Waals surface area contributed by atoms with Crippen LogP contribution in [0.3, 0.4) is 0 Å². The number of hydrogen-bond donors (Lipinski definition) is 2. The molecule has 1 fully saturated rings. The van der Waals surface area contributed by atoms with Crippen molar-refractivity contribution >= 4 is 16.8 Å². The van der Waals surface area contributed by atoms with Crippen molar-refractivity contribution in [2.75, 3.05) is 12.4 Å². The number of aryl methyl sites for hydroxylation is 2. The van der Waals surface area contributed by atoms with Gasteiger partial charge in [-0.1, -0.05) is 18.2 Å². The van der Waals surface area contributed by atoms with Crippen LogP contribution in [0.1, 0.15) is 21.5 Å². The molecule has 2 rings (SSSR count). The fourth-order valence-electron chi connectivity index (χ4n) is 1.94. The van der Waals surface area contributed by atoms with Gasteiger partial charge in [-0.2, -0.15) is 0 Å². The van der Waals surface area contributed by atoms with Gasteiger partial charge in [0, 0.05) is 0 Å². The van der Waals surface area contributed by atoms with Crippen LogP contribution in [0.2, 0.25) is 0 Å². The van der Waals surface area contributed by atoms with Gasteiger partial charge in [-0.15, -0.1) is 0 Å². The van der Waals surface area contributed by atoms with E-state index in [4.69, 9.17) is 8.92 Å². The van der Waals surface area contributed by atoms with Gasteiger partial charge in [0.25, 0.3) is 0 Å². The van der Waals surface area contributed by atoms with Crippen molar-refractivity contribution in [1.82, 2.24) is 0 Å². The fourth-order valence-corrected chi connectivity index (χ4v) is 3.05. The van der Waals surface area contributed by atoms with Crippen LogP contribution in [0.25, 0.3) is 0 Å². The molecule has 1 aliphatic rings. The molecule has 2 N–H and O–H groups in total. The van der Waals surface area contributed by atoms with Crippen molar-refractivity contribution in [3.63, 3.8) is 0 Å². The first kappa shape index (κ1) is 13.4. The normalized spacial score (nSPS) is 23.7. The van der Waals surface area contributed by atoms with Crippen molar-refractivity contribution in [3.05, 3.63) is 34.9 Å². The molecule has 0 saturated carbocycles. The molecule has 18 heavy (non-hydrogen) atoms. The average Bonchev–Trinajstić information content (AvgIpc) is 2.57. The number of rotatable bonds is 2. The van der Waals surface area contributed by atoms with Crippen LogP contribution >= 0.6 is 10.9 Å². The van der Waals surface area contributed by atoms with E-state index < -0.39 is 22.9 Å². The molecular weight excluding hydrogens is 256 g/mol. The lowest BCUT2D eigenvalue weighted by molar-refractivity contribution is 0.0299. The Labute approximate surface area is 107 Å². The van der Waals surface area contributed by atoms with E-state index in [0.29, 0.717) is 5.56 Å². The quantitative estimate of drug-likeness (QED) is 0.809. The zero-order chi connectivity index (χ0) is 13.3. The number of esters is 1. The highest BCUT2D eigenvalue weighted by molar-refractivity contribution is 8.20. The van der Waals surface area contributed by atoms with Crippen LogP contribution in [-0.4, -0.2) is 33.5 Å². The summed E-state index contributed by atoms with van der Waals surface area (Å²) in [5.74, 6) is -0.500. The third kappa shape index (κ3) is 2.84. The van der Waals surface area contributed by atoms with Gasteiger partial charge in [-0.05, 0) is 25.0 Å². The summed E-state index contributed by atoms with van der Waals surface area (Å²) >= 11 is 0. The van der Waals surface area contributed by atoms with E-state index in [1.54, 1.807) is 0 Å². The van der Waals surface area contributed by atoms with Gasteiger partial charge in [0.05, 0.1) is 22.2 Å². The Kier molecular flexibility index (Phi) is 3.63. The Balaban J connectivity index is 2.09. The van der Waals surface area contributed by atoms with E-state index in [9.17, 15) is 13.9 Å². The van der Waals surface area contributed by atoms with Gasteiger partial charge in [0.2, 0.25) is 0 Å². The predicted octanol–water partition coefficient (Wildman–Crippen LogP) is 2.52. The van der Waals surface area contributed by atoms with Crippen LogP contribution in [0.4, 0.5) is 0 Å². The molecule has 6 heteroatoms. The highest BCUT2D eigenvalue weighted by Crippen LogP contribution is 2.46. The first-order valence-electron chi connectivity index (χ1n) is 5.56. The molecule has 1 unspecified atom stereocenters. The van der Waals surface area contributed by atoms with Crippen LogP contribution in [0.5, 0.6) is 0 Å². The lowest BCUT2D eigenvalue weighted by Gasteiger charge is -2.18. The Hall–Kier alpha value is -1.08. The monoisotopic (exact) mass is 272 g/mol. The molecule has 0 bridgehead atoms. The lowest BCUT2D eigenvalue weighted by Crippen LogP contribution is -2.22.